The molecule has 0 N–H and O–H groups in total. The first kappa shape index (κ1) is 17.5. The van der Waals surface area contributed by atoms with Gasteiger partial charge in [-0.15, -0.1) is 0 Å². The molecule has 0 radical (unpaired) electrons. The molecule has 2 atom stereocenters. The van der Waals surface area contributed by atoms with Crippen molar-refractivity contribution in [3.8, 4) is 0 Å². The second-order valence-corrected chi connectivity index (χ2v) is 8.42. The predicted molar refractivity (Wildman–Crippen MR) is 83.0 cm³/mol. The van der Waals surface area contributed by atoms with Crippen LogP contribution in [0.4, 0.5) is 0 Å². The molecule has 1 aliphatic heterocycles. The molecule has 0 bridgehead atoms. The Morgan fingerprint density at radius 1 is 1.00 bits per heavy atom. The Hall–Kier alpha value is -0.880. The fourth-order valence-electron chi connectivity index (χ4n) is 2.72. The van der Waals surface area contributed by atoms with Gasteiger partial charge in [0.05, 0.1) is 0 Å². The molecule has 1 aliphatic rings. The summed E-state index contributed by atoms with van der Waals surface area (Å²) in [5.41, 5.74) is -1.68. The third-order valence-electron chi connectivity index (χ3n) is 4.46. The Morgan fingerprint density at radius 2 is 1.50 bits per heavy atom. The van der Waals surface area contributed by atoms with Crippen LogP contribution in [-0.4, -0.2) is 32.7 Å². The first-order chi connectivity index (χ1) is 10.2. The van der Waals surface area contributed by atoms with Gasteiger partial charge in [0.25, 0.3) is 0 Å². The number of ketones is 1. The van der Waals surface area contributed by atoms with Crippen LogP contribution in [0.2, 0.25) is 0 Å². The molecule has 124 valence electrons. The van der Waals surface area contributed by atoms with Crippen molar-refractivity contribution >= 4 is 13.5 Å². The zero-order chi connectivity index (χ0) is 16.7. The molecule has 22 heavy (non-hydrogen) atoms. The number of hydrogen-bond donors (Lipinski definition) is 0. The van der Waals surface area contributed by atoms with E-state index in [0.717, 1.165) is 5.56 Å². The molecule has 1 heterocycles. The summed E-state index contributed by atoms with van der Waals surface area (Å²) >= 11 is 0. The van der Waals surface area contributed by atoms with E-state index in [9.17, 15) is 4.79 Å². The first-order valence-corrected chi connectivity index (χ1v) is 8.74. The van der Waals surface area contributed by atoms with Crippen molar-refractivity contribution in [2.45, 2.75) is 32.0 Å². The van der Waals surface area contributed by atoms with Gasteiger partial charge in [-0.2, -0.15) is 0 Å². The molecule has 1 aromatic rings. The predicted octanol–water partition coefficient (Wildman–Crippen LogP) is 3.36. The van der Waals surface area contributed by atoms with Crippen LogP contribution in [0, 0.1) is 0 Å². The van der Waals surface area contributed by atoms with E-state index in [-0.39, 0.29) is 5.78 Å². The number of rotatable bonds is 5. The van der Waals surface area contributed by atoms with Crippen molar-refractivity contribution in [3.63, 3.8) is 0 Å². The second-order valence-electron chi connectivity index (χ2n) is 5.46. The zero-order valence-corrected chi connectivity index (χ0v) is 14.7. The third-order valence-corrected chi connectivity index (χ3v) is 7.58. The Balaban J connectivity index is 2.70. The van der Waals surface area contributed by atoms with Gasteiger partial charge >= 0.3 is 130 Å². The summed E-state index contributed by atoms with van der Waals surface area (Å²) in [7, 11) is -0.197. The van der Waals surface area contributed by atoms with Gasteiger partial charge in [-0.05, 0) is 0 Å². The van der Waals surface area contributed by atoms with Crippen molar-refractivity contribution < 1.29 is 27.4 Å². The van der Waals surface area contributed by atoms with E-state index >= 15 is 0 Å². The molecule has 7 heteroatoms. The summed E-state index contributed by atoms with van der Waals surface area (Å²) in [6, 6.07) is 9.34. The fraction of sp³-hybridized carbons (Fsp3) is 0.533. The standard InChI is InChI=1S/C15H23O6P/c1-12(16)14(2)15(3,13-10-8-7-9-11-13)21-22(17-4,18-5,19-6)20-14/h7-11H,1-6H3. The van der Waals surface area contributed by atoms with Gasteiger partial charge in [0.1, 0.15) is 0 Å². The monoisotopic (exact) mass is 330 g/mol. The number of benzene rings is 1. The van der Waals surface area contributed by atoms with Crippen molar-refractivity contribution in [2.24, 2.45) is 0 Å². The molecular weight excluding hydrogens is 307 g/mol. The summed E-state index contributed by atoms with van der Waals surface area (Å²) in [6.07, 6.45) is 0. The van der Waals surface area contributed by atoms with Crippen molar-refractivity contribution in [3.05, 3.63) is 35.9 Å². The molecule has 1 saturated heterocycles. The molecule has 0 saturated carbocycles. The number of carbonyl (C=O) groups is 1. The van der Waals surface area contributed by atoms with Gasteiger partial charge in [-0.3, -0.25) is 0 Å². The van der Waals surface area contributed by atoms with E-state index in [2.05, 4.69) is 0 Å². The number of hydrogen-bond acceptors (Lipinski definition) is 6. The van der Waals surface area contributed by atoms with Crippen molar-refractivity contribution in [2.75, 3.05) is 21.3 Å². The van der Waals surface area contributed by atoms with Crippen LogP contribution in [0.15, 0.2) is 30.3 Å². The van der Waals surface area contributed by atoms with Gasteiger partial charge in [0.2, 0.25) is 0 Å². The minimum absolute atomic E-state index is 0.212. The average molecular weight is 330 g/mol. The Kier molecular flexibility index (Phi) is 4.24. The maximum atomic E-state index is 12.4. The SMILES string of the molecule is COP1(OC)(OC)OC(C)(C(C)=O)C(C)(c2ccccc2)O1. The summed E-state index contributed by atoms with van der Waals surface area (Å²) in [4.78, 5) is 12.4. The molecule has 6 nitrogen and oxygen atoms in total. The van der Waals surface area contributed by atoms with E-state index in [0.29, 0.717) is 0 Å². The molecule has 0 aliphatic carbocycles. The molecule has 1 aromatic carbocycles. The van der Waals surface area contributed by atoms with E-state index in [1.54, 1.807) is 13.8 Å². The van der Waals surface area contributed by atoms with Gasteiger partial charge in [-0.1, -0.05) is 0 Å². The van der Waals surface area contributed by atoms with Crippen LogP contribution in [0.3, 0.4) is 0 Å². The van der Waals surface area contributed by atoms with Crippen LogP contribution in [-0.2, 0) is 33.0 Å². The van der Waals surface area contributed by atoms with Crippen molar-refractivity contribution in [1.82, 2.24) is 0 Å². The quantitative estimate of drug-likeness (QED) is 0.772. The molecule has 0 spiro atoms. The summed E-state index contributed by atoms with van der Waals surface area (Å²) in [5, 5.41) is 0. The van der Waals surface area contributed by atoms with Gasteiger partial charge < -0.3 is 0 Å². The average Bonchev–Trinajstić information content (AvgIpc) is 2.77. The molecule has 1 fully saturated rings. The van der Waals surface area contributed by atoms with Crippen molar-refractivity contribution in [1.29, 1.82) is 0 Å². The Labute approximate surface area is 131 Å². The summed E-state index contributed by atoms with van der Waals surface area (Å²) in [6.45, 7) is 4.88. The summed E-state index contributed by atoms with van der Waals surface area (Å²) < 4.78 is 28.5. The molecule has 0 amide bonds. The van der Waals surface area contributed by atoms with Crippen LogP contribution >= 0.6 is 7.74 Å². The number of carbonyl (C=O) groups excluding carboxylic acids is 1. The fourth-order valence-corrected chi connectivity index (χ4v) is 5.43. The second kappa shape index (κ2) is 5.34. The van der Waals surface area contributed by atoms with E-state index in [4.69, 9.17) is 22.6 Å². The molecule has 2 unspecified atom stereocenters. The molecule has 2 rings (SSSR count). The van der Waals surface area contributed by atoms with E-state index in [1.165, 1.54) is 28.3 Å². The molecule has 0 aromatic heterocycles. The van der Waals surface area contributed by atoms with Crippen LogP contribution in [0.25, 0.3) is 0 Å². The van der Waals surface area contributed by atoms with Crippen LogP contribution < -0.4 is 0 Å². The zero-order valence-electron chi connectivity index (χ0n) is 13.8. The maximum absolute atomic E-state index is 12.4. The van der Waals surface area contributed by atoms with E-state index in [1.807, 2.05) is 30.3 Å². The number of Topliss-reactive ketones (excluding diaryl/α,β-unsaturated/α-hetero) is 1. The van der Waals surface area contributed by atoms with Gasteiger partial charge in [-0.25, -0.2) is 0 Å². The third kappa shape index (κ3) is 2.14. The van der Waals surface area contributed by atoms with Crippen LogP contribution in [0.1, 0.15) is 26.3 Å². The minimum atomic E-state index is -4.33. The summed E-state index contributed by atoms with van der Waals surface area (Å²) in [5.74, 6) is -0.212. The normalized spacial score (nSPS) is 34.7. The van der Waals surface area contributed by atoms with Crippen LogP contribution in [0.5, 0.6) is 0 Å². The Morgan fingerprint density at radius 3 is 1.91 bits per heavy atom. The first-order valence-electron chi connectivity index (χ1n) is 6.91. The topological polar surface area (TPSA) is 63.2 Å². The van der Waals surface area contributed by atoms with Gasteiger partial charge in [0.15, 0.2) is 0 Å². The van der Waals surface area contributed by atoms with E-state index < -0.39 is 18.9 Å². The molecular formula is C15H23O6P. The van der Waals surface area contributed by atoms with Gasteiger partial charge in [0, 0.05) is 0 Å². The Bertz CT molecular complexity index is 562.